The molecular formula is C24H31N5O. The van der Waals surface area contributed by atoms with Crippen LogP contribution in [0.25, 0.3) is 22.3 Å². The first-order valence-electron chi connectivity index (χ1n) is 11.5. The molecule has 6 nitrogen and oxygen atoms in total. The van der Waals surface area contributed by atoms with E-state index in [1.165, 1.54) is 31.2 Å². The second-order valence-electron chi connectivity index (χ2n) is 9.01. The molecule has 3 aromatic heterocycles. The highest BCUT2D eigenvalue weighted by Crippen LogP contribution is 2.28. The number of pyridine rings is 1. The van der Waals surface area contributed by atoms with Gasteiger partial charge in [0.05, 0.1) is 22.9 Å². The van der Waals surface area contributed by atoms with Crippen LogP contribution in [0.5, 0.6) is 0 Å². The van der Waals surface area contributed by atoms with Gasteiger partial charge in [0.1, 0.15) is 0 Å². The van der Waals surface area contributed by atoms with Crippen molar-refractivity contribution in [3.8, 4) is 11.3 Å². The zero-order valence-corrected chi connectivity index (χ0v) is 17.6. The Bertz CT molecular complexity index is 986. The summed E-state index contributed by atoms with van der Waals surface area (Å²) in [6.45, 7) is 2.86. The van der Waals surface area contributed by atoms with E-state index in [0.29, 0.717) is 17.7 Å². The molecule has 1 aliphatic carbocycles. The van der Waals surface area contributed by atoms with Crippen molar-refractivity contribution < 1.29 is 4.79 Å². The predicted molar refractivity (Wildman–Crippen MR) is 118 cm³/mol. The number of aromatic nitrogens is 4. The van der Waals surface area contributed by atoms with E-state index in [0.717, 1.165) is 62.1 Å². The van der Waals surface area contributed by atoms with Crippen molar-refractivity contribution in [3.63, 3.8) is 0 Å². The summed E-state index contributed by atoms with van der Waals surface area (Å²) in [6.07, 6.45) is 15.2. The van der Waals surface area contributed by atoms with Crippen molar-refractivity contribution in [2.75, 3.05) is 13.1 Å². The highest BCUT2D eigenvalue weighted by Gasteiger charge is 2.28. The van der Waals surface area contributed by atoms with Gasteiger partial charge in [-0.05, 0) is 56.2 Å². The molecule has 0 bridgehead atoms. The van der Waals surface area contributed by atoms with E-state index in [1.54, 1.807) is 6.20 Å². The molecule has 0 aromatic carbocycles. The number of carbonyl (C=O) groups is 1. The predicted octanol–water partition coefficient (Wildman–Crippen LogP) is 4.64. The lowest BCUT2D eigenvalue weighted by molar-refractivity contribution is -0.136. The van der Waals surface area contributed by atoms with Gasteiger partial charge in [-0.2, -0.15) is 5.10 Å². The van der Waals surface area contributed by atoms with E-state index in [9.17, 15) is 4.79 Å². The van der Waals surface area contributed by atoms with Crippen LogP contribution < -0.4 is 0 Å². The van der Waals surface area contributed by atoms with Gasteiger partial charge in [-0.25, -0.2) is 4.98 Å². The van der Waals surface area contributed by atoms with E-state index in [-0.39, 0.29) is 0 Å². The topological polar surface area (TPSA) is 66.8 Å². The number of nitrogens with zero attached hydrogens (tertiary/aromatic N) is 4. The minimum Gasteiger partial charge on any atom is -0.346 e. The van der Waals surface area contributed by atoms with Crippen LogP contribution >= 0.6 is 0 Å². The SMILES string of the molecule is O=C(C1CCCCC1)N1CCCC(Cn2ccc3nc(-c4cn[nH]c4)ccc32)CC1. The van der Waals surface area contributed by atoms with E-state index >= 15 is 0 Å². The Morgan fingerprint density at radius 2 is 1.93 bits per heavy atom. The molecule has 0 radical (unpaired) electrons. The number of hydrogen-bond donors (Lipinski definition) is 1. The molecule has 1 saturated carbocycles. The largest absolute Gasteiger partial charge is 0.346 e. The maximum absolute atomic E-state index is 12.9. The monoisotopic (exact) mass is 405 g/mol. The van der Waals surface area contributed by atoms with E-state index in [1.807, 2.05) is 6.20 Å². The normalized spacial score (nSPS) is 21.1. The van der Waals surface area contributed by atoms with E-state index in [4.69, 9.17) is 4.98 Å². The van der Waals surface area contributed by atoms with Crippen LogP contribution in [0.2, 0.25) is 0 Å². The number of hydrogen-bond acceptors (Lipinski definition) is 3. The summed E-state index contributed by atoms with van der Waals surface area (Å²) in [4.78, 5) is 19.9. The van der Waals surface area contributed by atoms with Gasteiger partial charge < -0.3 is 9.47 Å². The molecule has 1 unspecified atom stereocenters. The van der Waals surface area contributed by atoms with Gasteiger partial charge in [-0.15, -0.1) is 0 Å². The number of nitrogens with one attached hydrogen (secondary N) is 1. The second kappa shape index (κ2) is 8.62. The number of aromatic amines is 1. The van der Waals surface area contributed by atoms with Crippen molar-refractivity contribution >= 4 is 16.9 Å². The number of rotatable bonds is 4. The summed E-state index contributed by atoms with van der Waals surface area (Å²) in [6, 6.07) is 6.34. The Morgan fingerprint density at radius 1 is 1.03 bits per heavy atom. The van der Waals surface area contributed by atoms with Gasteiger partial charge in [0, 0.05) is 43.5 Å². The molecule has 0 spiro atoms. The molecule has 6 heteroatoms. The fourth-order valence-corrected chi connectivity index (χ4v) is 5.24. The summed E-state index contributed by atoms with van der Waals surface area (Å²) in [5.41, 5.74) is 4.16. The quantitative estimate of drug-likeness (QED) is 0.688. The average Bonchev–Trinajstić information content (AvgIpc) is 3.40. The minimum absolute atomic E-state index is 0.291. The molecule has 2 aliphatic rings. The molecule has 2 fully saturated rings. The lowest BCUT2D eigenvalue weighted by Crippen LogP contribution is -2.37. The van der Waals surface area contributed by atoms with Crippen molar-refractivity contribution in [1.29, 1.82) is 0 Å². The van der Waals surface area contributed by atoms with Gasteiger partial charge in [0.25, 0.3) is 0 Å². The molecule has 1 aliphatic heterocycles. The summed E-state index contributed by atoms with van der Waals surface area (Å²) >= 11 is 0. The lowest BCUT2D eigenvalue weighted by atomic mass is 9.88. The molecule has 30 heavy (non-hydrogen) atoms. The molecule has 1 amide bonds. The first-order chi connectivity index (χ1) is 14.8. The average molecular weight is 406 g/mol. The van der Waals surface area contributed by atoms with Crippen LogP contribution in [0.15, 0.2) is 36.8 Å². The first-order valence-corrected chi connectivity index (χ1v) is 11.5. The van der Waals surface area contributed by atoms with E-state index in [2.05, 4.69) is 44.1 Å². The van der Waals surface area contributed by atoms with Crippen LogP contribution in [-0.4, -0.2) is 43.6 Å². The molecule has 4 heterocycles. The number of amides is 1. The summed E-state index contributed by atoms with van der Waals surface area (Å²) < 4.78 is 2.34. The molecular weight excluding hydrogens is 374 g/mol. The van der Waals surface area contributed by atoms with Crippen LogP contribution in [0.1, 0.15) is 51.4 Å². The summed E-state index contributed by atoms with van der Waals surface area (Å²) in [5.74, 6) is 1.33. The van der Waals surface area contributed by atoms with Crippen LogP contribution in [0.4, 0.5) is 0 Å². The van der Waals surface area contributed by atoms with E-state index < -0.39 is 0 Å². The third-order valence-corrected chi connectivity index (χ3v) is 6.99. The van der Waals surface area contributed by atoms with Crippen molar-refractivity contribution in [2.24, 2.45) is 11.8 Å². The Hall–Kier alpha value is -2.63. The smallest absolute Gasteiger partial charge is 0.225 e. The number of fused-ring (bicyclic) bond motifs is 1. The second-order valence-corrected chi connectivity index (χ2v) is 9.01. The molecule has 1 atom stereocenters. The summed E-state index contributed by atoms with van der Waals surface area (Å²) in [7, 11) is 0. The molecule has 1 saturated heterocycles. The Balaban J connectivity index is 1.24. The summed E-state index contributed by atoms with van der Waals surface area (Å²) in [5, 5.41) is 6.87. The van der Waals surface area contributed by atoms with Gasteiger partial charge in [-0.1, -0.05) is 19.3 Å². The fourth-order valence-electron chi connectivity index (χ4n) is 5.24. The fraction of sp³-hybridized carbons (Fsp3) is 0.542. The zero-order chi connectivity index (χ0) is 20.3. The van der Waals surface area contributed by atoms with Gasteiger partial charge >= 0.3 is 0 Å². The number of likely N-dealkylation sites (tertiary alicyclic amines) is 1. The number of H-pyrrole nitrogens is 1. The maximum atomic E-state index is 12.9. The van der Waals surface area contributed by atoms with Gasteiger partial charge in [0.2, 0.25) is 5.91 Å². The highest BCUT2D eigenvalue weighted by molar-refractivity contribution is 5.79. The first kappa shape index (κ1) is 19.3. The zero-order valence-electron chi connectivity index (χ0n) is 17.6. The third kappa shape index (κ3) is 4.00. The van der Waals surface area contributed by atoms with Crippen LogP contribution in [-0.2, 0) is 11.3 Å². The third-order valence-electron chi connectivity index (χ3n) is 6.99. The van der Waals surface area contributed by atoms with Crippen molar-refractivity contribution in [1.82, 2.24) is 24.6 Å². The Kier molecular flexibility index (Phi) is 5.56. The molecule has 1 N–H and O–H groups in total. The minimum atomic E-state index is 0.291. The van der Waals surface area contributed by atoms with Crippen molar-refractivity contribution in [2.45, 2.75) is 57.9 Å². The maximum Gasteiger partial charge on any atom is 0.225 e. The Labute approximate surface area is 177 Å². The number of carbonyl (C=O) groups excluding carboxylic acids is 1. The van der Waals surface area contributed by atoms with Crippen LogP contribution in [0, 0.1) is 11.8 Å². The van der Waals surface area contributed by atoms with Crippen molar-refractivity contribution in [3.05, 3.63) is 36.8 Å². The molecule has 158 valence electrons. The van der Waals surface area contributed by atoms with Gasteiger partial charge in [-0.3, -0.25) is 9.89 Å². The molecule has 3 aromatic rings. The van der Waals surface area contributed by atoms with Gasteiger partial charge in [0.15, 0.2) is 0 Å². The Morgan fingerprint density at radius 3 is 2.77 bits per heavy atom. The van der Waals surface area contributed by atoms with Crippen LogP contribution in [0.3, 0.4) is 0 Å². The highest BCUT2D eigenvalue weighted by atomic mass is 16.2. The molecule has 5 rings (SSSR count). The standard InChI is InChI=1S/C24H31N5O/c30-24(19-6-2-1-3-7-19)28-12-4-5-18(10-13-28)17-29-14-11-22-23(29)9-8-21(27-22)20-15-25-26-16-20/h8-9,11,14-16,18-19H,1-7,10,12-13,17H2,(H,25,26). The lowest BCUT2D eigenvalue weighted by Gasteiger charge is -2.28.